The van der Waals surface area contributed by atoms with Crippen LogP contribution in [0.4, 0.5) is 8.78 Å². The first kappa shape index (κ1) is 61.8. The van der Waals surface area contributed by atoms with Crippen molar-refractivity contribution in [1.82, 2.24) is 41.9 Å². The number of nitrogens with zero attached hydrogens (tertiary/aromatic N) is 2. The second-order valence-electron chi connectivity index (χ2n) is 17.7. The summed E-state index contributed by atoms with van der Waals surface area (Å²) in [7, 11) is 0. The molecule has 0 saturated carbocycles. The van der Waals surface area contributed by atoms with E-state index in [9.17, 15) is 51.9 Å². The summed E-state index contributed by atoms with van der Waals surface area (Å²) in [5, 5.41) is 15.2. The molecule has 0 unspecified atom stereocenters. The van der Waals surface area contributed by atoms with Gasteiger partial charge in [-0.2, -0.15) is 12.6 Å². The number of rotatable bonds is 13. The third-order valence-electron chi connectivity index (χ3n) is 11.1. The molecule has 4 atom stereocenters. The molecule has 19 nitrogen and oxygen atoms in total. The number of pyridine rings is 2. The number of ether oxygens (including phenoxy) is 2. The number of esters is 2. The van der Waals surface area contributed by atoms with E-state index in [-0.39, 0.29) is 59.7 Å². The lowest BCUT2D eigenvalue weighted by Gasteiger charge is -2.25. The summed E-state index contributed by atoms with van der Waals surface area (Å²) in [4.78, 5) is 122. The molecule has 74 heavy (non-hydrogen) atoms. The molecule has 0 aromatic carbocycles. The maximum atomic E-state index is 14.4. The van der Waals surface area contributed by atoms with Gasteiger partial charge in [0.25, 0.3) is 23.6 Å². The summed E-state index contributed by atoms with van der Waals surface area (Å²) in [6, 6.07) is 2.66. The molecule has 2 aromatic heterocycles. The minimum atomic E-state index is -1.10. The van der Waals surface area contributed by atoms with Crippen LogP contribution in [0.25, 0.3) is 0 Å². The standard InChI is InChI=1S/C28H37FN4O6S.C23H31FN4O5S/c1-5-7-11-23(35)40-14-9-8-10-19-15-22(34)30-16-18-12-13-20(29)25(31-18)27(37)32-21(6-2)26(36)33-24(17(3)4)28(38)39-19;1-4-17-21(30)28-19(13(2)3)23(32)33-15(7-5-6-10-34)11-18(29)25-12-14-8-9-16(24)20(26-14)22(31)27-17/h6,8,10,12-13,17,19,24H,5,7,9,11,14-16H2,1-4H3,(H,30,34)(H,32,37)(H,33,36);4,8-9,13,15,19,34H,5-7,10-12H2,1-3H3,(H,25,29)(H,27,31)(H,28,30)/b10-8+,21-6-;17-4-/t19-,24+;15-,19+/m11/s1. The zero-order chi connectivity index (χ0) is 54.9. The quantitative estimate of drug-likeness (QED) is 0.0439. The summed E-state index contributed by atoms with van der Waals surface area (Å²) < 4.78 is 39.9. The van der Waals surface area contributed by atoms with E-state index in [1.54, 1.807) is 39.8 Å². The molecule has 6 amide bonds. The first-order valence-corrected chi connectivity index (χ1v) is 26.1. The zero-order valence-electron chi connectivity index (χ0n) is 42.8. The van der Waals surface area contributed by atoms with Crippen LogP contribution >= 0.6 is 24.4 Å². The number of cyclic esters (lactones) is 2. The largest absolute Gasteiger partial charge is 0.460 e. The van der Waals surface area contributed by atoms with E-state index in [2.05, 4.69) is 54.5 Å². The van der Waals surface area contributed by atoms with Gasteiger partial charge in [-0.05, 0) is 93.9 Å². The molecular formula is C51H68F2N8O11S2. The number of aromatic nitrogens is 2. The Bertz CT molecular complexity index is 2430. The number of unbranched alkanes of at least 4 members (excludes halogenated alkanes) is 2. The van der Waals surface area contributed by atoms with Crippen molar-refractivity contribution in [3.8, 4) is 0 Å². The molecule has 2 aliphatic rings. The summed E-state index contributed by atoms with van der Waals surface area (Å²) in [6.45, 7) is 11.7. The van der Waals surface area contributed by atoms with E-state index in [0.717, 1.165) is 31.4 Å². The number of allylic oxidation sites excluding steroid dienone is 3. The van der Waals surface area contributed by atoms with Gasteiger partial charge in [-0.1, -0.05) is 71.0 Å². The highest BCUT2D eigenvalue weighted by molar-refractivity contribution is 8.13. The smallest absolute Gasteiger partial charge is 0.329 e. The van der Waals surface area contributed by atoms with Gasteiger partial charge in [0.2, 0.25) is 11.8 Å². The van der Waals surface area contributed by atoms with Crippen molar-refractivity contribution in [3.05, 3.63) is 94.4 Å². The van der Waals surface area contributed by atoms with Crippen molar-refractivity contribution in [2.24, 2.45) is 11.8 Å². The Morgan fingerprint density at radius 1 is 0.730 bits per heavy atom. The number of hydrogen-bond donors (Lipinski definition) is 7. The molecule has 404 valence electrons. The molecule has 4 bridgehead atoms. The van der Waals surface area contributed by atoms with Gasteiger partial charge in [-0.3, -0.25) is 33.6 Å². The van der Waals surface area contributed by atoms with Crippen molar-refractivity contribution >= 4 is 76.9 Å². The second-order valence-corrected chi connectivity index (χ2v) is 19.3. The van der Waals surface area contributed by atoms with Crippen molar-refractivity contribution in [3.63, 3.8) is 0 Å². The van der Waals surface area contributed by atoms with Gasteiger partial charge < -0.3 is 41.4 Å². The maximum absolute atomic E-state index is 14.4. The monoisotopic (exact) mass is 1070 g/mol. The van der Waals surface area contributed by atoms with Crippen LogP contribution in [0.2, 0.25) is 0 Å². The number of nitrogens with one attached hydrogen (secondary N) is 6. The summed E-state index contributed by atoms with van der Waals surface area (Å²) in [6.07, 6.45) is 8.80. The molecule has 0 spiro atoms. The predicted molar refractivity (Wildman–Crippen MR) is 276 cm³/mol. The van der Waals surface area contributed by atoms with E-state index >= 15 is 0 Å². The number of carbonyl (C=O) groups excluding carboxylic acids is 9. The molecule has 2 aliphatic heterocycles. The molecule has 0 fully saturated rings. The van der Waals surface area contributed by atoms with Crippen LogP contribution in [0.3, 0.4) is 0 Å². The lowest BCUT2D eigenvalue weighted by Crippen LogP contribution is -2.49. The van der Waals surface area contributed by atoms with Gasteiger partial charge in [0.05, 0.1) is 37.3 Å². The SMILES string of the molecule is C/C=C1\NC(=O)c2nc(ccc2F)CNC(=O)C[C@@H](/C=C/CCSC(=O)CCCC)OC(=O)[C@H](C(C)C)NC1=O.C/C=C1\NC(=O)c2nc(ccc2F)CNC(=O)C[C@@H](CCCCS)OC(=O)[C@H](C(C)C)NC1=O. The number of hydrogen-bond acceptors (Lipinski definition) is 15. The fraction of sp³-hybridized carbons (Fsp3) is 0.510. The Labute approximate surface area is 439 Å². The van der Waals surface area contributed by atoms with Crippen molar-refractivity contribution in [2.45, 2.75) is 144 Å². The van der Waals surface area contributed by atoms with Gasteiger partial charge in [-0.25, -0.2) is 28.3 Å². The van der Waals surface area contributed by atoms with Crippen LogP contribution in [0.15, 0.2) is 60.0 Å². The molecule has 0 saturated heterocycles. The fourth-order valence-corrected chi connectivity index (χ4v) is 7.88. The number of fused-ring (bicyclic) bond motifs is 4. The summed E-state index contributed by atoms with van der Waals surface area (Å²) >= 11 is 5.42. The lowest BCUT2D eigenvalue weighted by molar-refractivity contribution is -0.156. The lowest BCUT2D eigenvalue weighted by atomic mass is 10.0. The number of amides is 6. The Morgan fingerprint density at radius 3 is 1.70 bits per heavy atom. The minimum Gasteiger partial charge on any atom is -0.460 e. The van der Waals surface area contributed by atoms with Crippen molar-refractivity contribution in [2.75, 3.05) is 11.5 Å². The second kappa shape index (κ2) is 32.0. The first-order valence-electron chi connectivity index (χ1n) is 24.5. The van der Waals surface area contributed by atoms with E-state index in [1.807, 2.05) is 6.92 Å². The van der Waals surface area contributed by atoms with Crippen LogP contribution in [0.1, 0.15) is 139 Å². The van der Waals surface area contributed by atoms with Crippen LogP contribution in [0, 0.1) is 23.5 Å². The number of thiol groups is 1. The molecule has 4 heterocycles. The molecule has 6 N–H and O–H groups in total. The first-order chi connectivity index (χ1) is 35.2. The normalized spacial score (nSPS) is 20.9. The highest BCUT2D eigenvalue weighted by Crippen LogP contribution is 2.17. The highest BCUT2D eigenvalue weighted by atomic mass is 32.2. The summed E-state index contributed by atoms with van der Waals surface area (Å²) in [5.74, 6) is -7.02. The van der Waals surface area contributed by atoms with E-state index in [0.29, 0.717) is 37.2 Å². The molecule has 4 rings (SSSR count). The molecule has 2 aromatic rings. The van der Waals surface area contributed by atoms with E-state index in [1.165, 1.54) is 49.9 Å². The minimum absolute atomic E-state index is 0.0533. The van der Waals surface area contributed by atoms with Crippen LogP contribution in [-0.2, 0) is 56.1 Å². The van der Waals surface area contributed by atoms with Gasteiger partial charge >= 0.3 is 11.9 Å². The van der Waals surface area contributed by atoms with Gasteiger partial charge in [0.15, 0.2) is 28.1 Å². The molecule has 0 aliphatic carbocycles. The average molecular weight is 1070 g/mol. The topological polar surface area (TPSA) is 270 Å². The predicted octanol–water partition coefficient (Wildman–Crippen LogP) is 5.35. The van der Waals surface area contributed by atoms with Crippen molar-refractivity contribution in [1.29, 1.82) is 0 Å². The van der Waals surface area contributed by atoms with E-state index in [4.69, 9.17) is 9.47 Å². The number of halogens is 2. The Kier molecular flexibility index (Phi) is 26.7. The van der Waals surface area contributed by atoms with Crippen LogP contribution in [0.5, 0.6) is 0 Å². The third kappa shape index (κ3) is 20.8. The molecular weight excluding hydrogens is 1000 g/mol. The Morgan fingerprint density at radius 2 is 1.23 bits per heavy atom. The highest BCUT2D eigenvalue weighted by Gasteiger charge is 2.32. The third-order valence-corrected chi connectivity index (χ3v) is 12.3. The van der Waals surface area contributed by atoms with Gasteiger partial charge in [0, 0.05) is 12.2 Å². The van der Waals surface area contributed by atoms with Gasteiger partial charge in [0.1, 0.15) is 35.7 Å². The van der Waals surface area contributed by atoms with Crippen molar-refractivity contribution < 1.29 is 61.4 Å². The zero-order valence-corrected chi connectivity index (χ0v) is 44.5. The van der Waals surface area contributed by atoms with Crippen LogP contribution in [-0.4, -0.2) is 98.3 Å². The molecule has 23 heteroatoms. The van der Waals surface area contributed by atoms with Crippen LogP contribution < -0.4 is 31.9 Å². The fourth-order valence-electron chi connectivity index (χ4n) is 6.89. The number of thioether (sulfide) groups is 1. The maximum Gasteiger partial charge on any atom is 0.329 e. The summed E-state index contributed by atoms with van der Waals surface area (Å²) in [5.41, 5.74) is -0.957. The van der Waals surface area contributed by atoms with Gasteiger partial charge in [-0.15, -0.1) is 0 Å². The average Bonchev–Trinajstić information content (AvgIpc) is 3.35. The Hall–Kier alpha value is -6.49. The number of carbonyl (C=O) groups is 9. The molecule has 0 radical (unpaired) electrons. The Balaban J connectivity index is 0.000000395. The van der Waals surface area contributed by atoms with E-state index < -0.39 is 101 Å².